The maximum Gasteiger partial charge on any atom is 0.155 e. The van der Waals surface area contributed by atoms with E-state index in [0.717, 1.165) is 51.4 Å². The Morgan fingerprint density at radius 2 is 1.12 bits per heavy atom. The highest BCUT2D eigenvalue weighted by atomic mass is 16.3. The van der Waals surface area contributed by atoms with E-state index in [1.165, 1.54) is 49.0 Å². The number of furan rings is 1. The monoisotopic (exact) mass is 626 g/mol. The largest absolute Gasteiger partial charge is 0.456 e. The van der Waals surface area contributed by atoms with Crippen molar-refractivity contribution < 1.29 is 4.42 Å². The van der Waals surface area contributed by atoms with Crippen molar-refractivity contribution in [1.82, 2.24) is 0 Å². The molecule has 0 radical (unpaired) electrons. The normalized spacial score (nSPS) is 14.9. The number of rotatable bonds is 5. The number of nitrogens with zero attached hydrogens (tertiary/aromatic N) is 2. The Labute approximate surface area is 283 Å². The molecule has 1 aliphatic rings. The Kier molecular flexibility index (Phi) is 6.31. The lowest BCUT2D eigenvalue weighted by Crippen LogP contribution is -2.17. The van der Waals surface area contributed by atoms with Crippen LogP contribution in [0.5, 0.6) is 0 Å². The van der Waals surface area contributed by atoms with Crippen molar-refractivity contribution in [3.63, 3.8) is 0 Å². The fraction of sp³-hybridized carbons (Fsp3) is 0.0435. The Hall–Kier alpha value is -6.32. The number of amidine groups is 1. The van der Waals surface area contributed by atoms with Gasteiger partial charge in [0, 0.05) is 28.1 Å². The third-order valence-corrected chi connectivity index (χ3v) is 9.98. The summed E-state index contributed by atoms with van der Waals surface area (Å²) in [4.78, 5) is 10.4. The van der Waals surface area contributed by atoms with Gasteiger partial charge in [0.15, 0.2) is 5.84 Å². The number of aliphatic imine (C=N–C) groups is 2. The summed E-state index contributed by atoms with van der Waals surface area (Å²) in [6.45, 7) is 0. The first-order chi connectivity index (χ1) is 24.3. The number of benzene rings is 8. The van der Waals surface area contributed by atoms with Gasteiger partial charge in [-0.2, -0.15) is 0 Å². The van der Waals surface area contributed by atoms with E-state index < -0.39 is 0 Å². The van der Waals surface area contributed by atoms with E-state index in [9.17, 15) is 0 Å². The zero-order valence-corrected chi connectivity index (χ0v) is 26.7. The van der Waals surface area contributed by atoms with E-state index >= 15 is 0 Å². The maximum atomic E-state index is 6.43. The van der Waals surface area contributed by atoms with Crippen LogP contribution in [0, 0.1) is 0 Å². The Balaban J connectivity index is 1.16. The van der Waals surface area contributed by atoms with Crippen molar-refractivity contribution in [2.45, 2.75) is 12.5 Å². The molecule has 0 N–H and O–H groups in total. The molecular weight excluding hydrogens is 597 g/mol. The predicted octanol–water partition coefficient (Wildman–Crippen LogP) is 12.0. The summed E-state index contributed by atoms with van der Waals surface area (Å²) in [5.41, 5.74) is 11.0. The summed E-state index contributed by atoms with van der Waals surface area (Å²) in [6.07, 6.45) is 0.764. The third-order valence-electron chi connectivity index (χ3n) is 9.98. The van der Waals surface area contributed by atoms with Crippen LogP contribution in [-0.2, 0) is 0 Å². The van der Waals surface area contributed by atoms with Crippen LogP contribution >= 0.6 is 0 Å². The molecule has 9 aromatic rings. The standard InChI is InChI=1S/C46H30N2O/c1-4-12-29(13-5-1)35-24-25-42-45-43(35)38-27-33(22-23-36(38)37-20-11-21-41(49-42)44(37)45)32-18-10-19-34(26-32)46-47-39(30-14-6-2-7-15-30)28-40(48-46)31-16-8-3-9-17-31/h1-27,39H,28H2/t39-/m1/s1. The fourth-order valence-corrected chi connectivity index (χ4v) is 7.67. The number of hydrogen-bond acceptors (Lipinski definition) is 3. The van der Waals surface area contributed by atoms with E-state index in [1.54, 1.807) is 0 Å². The quantitative estimate of drug-likeness (QED) is 0.175. The van der Waals surface area contributed by atoms with Gasteiger partial charge >= 0.3 is 0 Å². The van der Waals surface area contributed by atoms with E-state index in [0.29, 0.717) is 0 Å². The van der Waals surface area contributed by atoms with Crippen molar-refractivity contribution in [3.05, 3.63) is 180 Å². The first kappa shape index (κ1) is 27.8. The molecule has 2 heterocycles. The van der Waals surface area contributed by atoms with Crippen molar-refractivity contribution >= 4 is 55.0 Å². The van der Waals surface area contributed by atoms with Gasteiger partial charge in [0.2, 0.25) is 0 Å². The molecule has 1 atom stereocenters. The van der Waals surface area contributed by atoms with Crippen LogP contribution in [0.3, 0.4) is 0 Å². The highest BCUT2D eigenvalue weighted by Crippen LogP contribution is 2.46. The van der Waals surface area contributed by atoms with Crippen LogP contribution in [0.15, 0.2) is 178 Å². The summed E-state index contributed by atoms with van der Waals surface area (Å²) >= 11 is 0. The molecule has 0 fully saturated rings. The lowest BCUT2D eigenvalue weighted by Gasteiger charge is -2.21. The molecule has 0 saturated carbocycles. The lowest BCUT2D eigenvalue weighted by molar-refractivity contribution is 0.669. The lowest BCUT2D eigenvalue weighted by atomic mass is 9.88. The van der Waals surface area contributed by atoms with Crippen LogP contribution in [0.2, 0.25) is 0 Å². The second-order valence-electron chi connectivity index (χ2n) is 12.9. The summed E-state index contributed by atoms with van der Waals surface area (Å²) in [7, 11) is 0. The molecule has 8 aromatic carbocycles. The van der Waals surface area contributed by atoms with E-state index in [-0.39, 0.29) is 6.04 Å². The molecule has 230 valence electrons. The topological polar surface area (TPSA) is 37.9 Å². The van der Waals surface area contributed by atoms with Gasteiger partial charge < -0.3 is 4.42 Å². The molecular formula is C46H30N2O. The van der Waals surface area contributed by atoms with Gasteiger partial charge in [-0.15, -0.1) is 0 Å². The first-order valence-electron chi connectivity index (χ1n) is 16.8. The molecule has 1 aromatic heterocycles. The minimum absolute atomic E-state index is 0.0000631. The van der Waals surface area contributed by atoms with Gasteiger partial charge in [0.1, 0.15) is 11.2 Å². The first-order valence-corrected chi connectivity index (χ1v) is 16.8. The molecule has 49 heavy (non-hydrogen) atoms. The van der Waals surface area contributed by atoms with Crippen molar-refractivity contribution in [2.75, 3.05) is 0 Å². The molecule has 0 spiro atoms. The molecule has 0 saturated heterocycles. The average Bonchev–Trinajstić information content (AvgIpc) is 3.57. The third kappa shape index (κ3) is 4.58. The smallest absolute Gasteiger partial charge is 0.155 e. The number of fused-ring (bicyclic) bond motifs is 3. The molecule has 0 bridgehead atoms. The van der Waals surface area contributed by atoms with Crippen LogP contribution in [-0.4, -0.2) is 11.5 Å². The average molecular weight is 627 g/mol. The minimum atomic E-state index is 0.0000631. The van der Waals surface area contributed by atoms with Crippen LogP contribution in [0.25, 0.3) is 65.7 Å². The highest BCUT2D eigenvalue weighted by Gasteiger charge is 2.23. The molecule has 3 heteroatoms. The van der Waals surface area contributed by atoms with Crippen LogP contribution in [0.1, 0.15) is 29.2 Å². The molecule has 1 aliphatic heterocycles. The van der Waals surface area contributed by atoms with Crippen molar-refractivity contribution in [1.29, 1.82) is 0 Å². The van der Waals surface area contributed by atoms with E-state index in [1.807, 2.05) is 0 Å². The summed E-state index contributed by atoms with van der Waals surface area (Å²) in [5, 5.41) is 7.28. The maximum absolute atomic E-state index is 6.43. The second-order valence-corrected chi connectivity index (χ2v) is 12.9. The van der Waals surface area contributed by atoms with Gasteiger partial charge in [-0.25, -0.2) is 4.99 Å². The minimum Gasteiger partial charge on any atom is -0.456 e. The zero-order chi connectivity index (χ0) is 32.3. The van der Waals surface area contributed by atoms with Gasteiger partial charge in [0.05, 0.1) is 11.8 Å². The Morgan fingerprint density at radius 3 is 1.94 bits per heavy atom. The molecule has 10 rings (SSSR count). The van der Waals surface area contributed by atoms with Gasteiger partial charge in [-0.3, -0.25) is 4.99 Å². The second kappa shape index (κ2) is 11.1. The Bertz CT molecular complexity index is 2720. The summed E-state index contributed by atoms with van der Waals surface area (Å²) in [6, 6.07) is 58.1. The van der Waals surface area contributed by atoms with Crippen LogP contribution in [0.4, 0.5) is 0 Å². The molecule has 0 amide bonds. The zero-order valence-electron chi connectivity index (χ0n) is 26.7. The van der Waals surface area contributed by atoms with Gasteiger partial charge in [-0.1, -0.05) is 140 Å². The van der Waals surface area contributed by atoms with Gasteiger partial charge in [-0.05, 0) is 73.8 Å². The van der Waals surface area contributed by atoms with Crippen LogP contribution < -0.4 is 0 Å². The van der Waals surface area contributed by atoms with E-state index in [4.69, 9.17) is 14.4 Å². The predicted molar refractivity (Wildman–Crippen MR) is 204 cm³/mol. The summed E-state index contributed by atoms with van der Waals surface area (Å²) in [5.74, 6) is 0.768. The van der Waals surface area contributed by atoms with Crippen molar-refractivity contribution in [3.8, 4) is 22.3 Å². The molecule has 3 nitrogen and oxygen atoms in total. The Morgan fingerprint density at radius 1 is 0.449 bits per heavy atom. The van der Waals surface area contributed by atoms with E-state index in [2.05, 4.69) is 164 Å². The van der Waals surface area contributed by atoms with Crippen molar-refractivity contribution in [2.24, 2.45) is 9.98 Å². The highest BCUT2D eigenvalue weighted by molar-refractivity contribution is 6.35. The van der Waals surface area contributed by atoms with Gasteiger partial charge in [0.25, 0.3) is 0 Å². The fourth-order valence-electron chi connectivity index (χ4n) is 7.67. The number of hydrogen-bond donors (Lipinski definition) is 0. The molecule has 0 aliphatic carbocycles. The summed E-state index contributed by atoms with van der Waals surface area (Å²) < 4.78 is 6.43. The SMILES string of the molecule is c1ccc(C2=NC(c3cccc(-c4ccc5c(c4)c4c(-c6ccccc6)ccc6oc7cccc5c7c64)c3)=N[C@@H](c3ccccc3)C2)cc1. The molecule has 0 unspecified atom stereocenters.